The third-order valence-corrected chi connectivity index (χ3v) is 10.1. The minimum atomic E-state index is -2.57. The molecule has 0 aromatic heterocycles. The Balaban J connectivity index is 1.97. The van der Waals surface area contributed by atoms with E-state index in [-0.39, 0.29) is 0 Å². The first-order valence-corrected chi connectivity index (χ1v) is 18.6. The van der Waals surface area contributed by atoms with Crippen LogP contribution in [0.1, 0.15) is 96.8 Å². The lowest BCUT2D eigenvalue weighted by molar-refractivity contribution is -0.152. The van der Waals surface area contributed by atoms with Gasteiger partial charge in [0.15, 0.2) is 58.0 Å². The zero-order valence-corrected chi connectivity index (χ0v) is 34.2. The number of halogens is 13. The number of carbonyl (C=O) groups is 2. The first-order chi connectivity index (χ1) is 28.1. The van der Waals surface area contributed by atoms with Crippen LogP contribution in [0.3, 0.4) is 0 Å². The molecule has 3 aromatic rings. The molecule has 0 saturated carbocycles. The summed E-state index contributed by atoms with van der Waals surface area (Å²) in [6.07, 6.45) is -1.45. The molecule has 338 valence electrons. The van der Waals surface area contributed by atoms with Gasteiger partial charge < -0.3 is 18.9 Å². The molecule has 0 saturated heterocycles. The predicted octanol–water partition coefficient (Wildman–Crippen LogP) is 11.7. The maximum Gasteiger partial charge on any atom is 0.309 e. The Labute approximate surface area is 343 Å². The van der Waals surface area contributed by atoms with Crippen LogP contribution in [0.4, 0.5) is 57.1 Å². The summed E-state index contributed by atoms with van der Waals surface area (Å²) < 4.78 is 213. The molecule has 0 heterocycles. The topological polar surface area (TPSA) is 71.1 Å². The molecular weight excluding hydrogens is 847 g/mol. The van der Waals surface area contributed by atoms with Crippen LogP contribution < -0.4 is 9.47 Å². The third kappa shape index (κ3) is 10.9. The second kappa shape index (κ2) is 19.8. The van der Waals surface area contributed by atoms with E-state index in [9.17, 15) is 40.3 Å². The van der Waals surface area contributed by atoms with E-state index in [2.05, 4.69) is 6.58 Å². The molecule has 61 heavy (non-hydrogen) atoms. The highest BCUT2D eigenvalue weighted by molar-refractivity contribution is 5.73. The quantitative estimate of drug-likeness (QED) is 0.0442. The highest BCUT2D eigenvalue weighted by Crippen LogP contribution is 2.48. The number of ether oxygens (including phenoxy) is 4. The van der Waals surface area contributed by atoms with Crippen molar-refractivity contribution in [1.82, 2.24) is 0 Å². The lowest BCUT2D eigenvalue weighted by atomic mass is 9.69. The van der Waals surface area contributed by atoms with Crippen molar-refractivity contribution < 1.29 is 85.6 Å². The maximum atomic E-state index is 15.9. The Morgan fingerprint density at radius 1 is 0.508 bits per heavy atom. The zero-order chi connectivity index (χ0) is 46.6. The Kier molecular flexibility index (Phi) is 16.4. The summed E-state index contributed by atoms with van der Waals surface area (Å²) in [7, 11) is 0. The van der Waals surface area contributed by atoms with E-state index in [0.29, 0.717) is 6.08 Å². The van der Waals surface area contributed by atoms with Crippen molar-refractivity contribution in [1.29, 1.82) is 0 Å². The normalized spacial score (nSPS) is 14.0. The van der Waals surface area contributed by atoms with Crippen molar-refractivity contribution in [2.45, 2.75) is 80.1 Å². The molecule has 0 N–H and O–H groups in total. The zero-order valence-electron chi connectivity index (χ0n) is 34.2. The number of benzene rings is 3. The average Bonchev–Trinajstić information content (AvgIpc) is 3.18. The summed E-state index contributed by atoms with van der Waals surface area (Å²) in [6, 6.07) is 0. The van der Waals surface area contributed by atoms with Crippen LogP contribution in [0.2, 0.25) is 0 Å². The molecule has 0 aliphatic rings. The molecule has 4 unspecified atom stereocenters. The van der Waals surface area contributed by atoms with Gasteiger partial charge in [0.25, 0.3) is 0 Å². The minimum Gasteiger partial charge on any atom is -0.484 e. The van der Waals surface area contributed by atoms with Crippen LogP contribution in [0.5, 0.6) is 11.5 Å². The van der Waals surface area contributed by atoms with E-state index in [1.807, 2.05) is 0 Å². The Morgan fingerprint density at radius 3 is 1.28 bits per heavy atom. The van der Waals surface area contributed by atoms with Gasteiger partial charge in [-0.15, -0.1) is 0 Å². The number of esters is 2. The van der Waals surface area contributed by atoms with E-state index in [0.717, 1.165) is 6.92 Å². The van der Waals surface area contributed by atoms with Crippen LogP contribution in [-0.4, -0.2) is 38.4 Å². The highest BCUT2D eigenvalue weighted by atomic mass is 19.2. The van der Waals surface area contributed by atoms with Crippen LogP contribution in [-0.2, 0) is 19.1 Å². The molecule has 19 heteroatoms. The van der Waals surface area contributed by atoms with E-state index in [4.69, 9.17) is 18.9 Å². The number of hydrogen-bond donors (Lipinski definition) is 0. The number of hydrogen-bond acceptors (Lipinski definition) is 6. The highest BCUT2D eigenvalue weighted by Gasteiger charge is 2.41. The monoisotopic (exact) mass is 890 g/mol. The van der Waals surface area contributed by atoms with Crippen LogP contribution in [0.25, 0.3) is 6.08 Å². The summed E-state index contributed by atoms with van der Waals surface area (Å²) in [5.41, 5.74) is -6.09. The summed E-state index contributed by atoms with van der Waals surface area (Å²) in [6.45, 7) is 11.5. The van der Waals surface area contributed by atoms with Gasteiger partial charge in [-0.2, -0.15) is 17.6 Å². The van der Waals surface area contributed by atoms with Crippen LogP contribution in [0.15, 0.2) is 6.58 Å². The fourth-order valence-corrected chi connectivity index (χ4v) is 6.21. The third-order valence-electron chi connectivity index (χ3n) is 10.1. The fraction of sp³-hybridized carbons (Fsp3) is 0.476. The Morgan fingerprint density at radius 2 is 0.885 bits per heavy atom. The maximum absolute atomic E-state index is 15.9. The van der Waals surface area contributed by atoms with E-state index in [1.165, 1.54) is 20.8 Å². The van der Waals surface area contributed by atoms with Gasteiger partial charge in [-0.3, -0.25) is 9.59 Å². The second-order valence-electron chi connectivity index (χ2n) is 16.3. The molecular formula is C42H43F13O6. The van der Waals surface area contributed by atoms with E-state index < -0.39 is 190 Å². The molecule has 0 amide bonds. The van der Waals surface area contributed by atoms with Crippen molar-refractivity contribution >= 4 is 18.0 Å². The van der Waals surface area contributed by atoms with Crippen molar-refractivity contribution in [3.8, 4) is 11.5 Å². The standard InChI is InChI=1S/C42H43F13O6/c1-10-20-24(43)33(52)37(34(53)25(20)44)58-11-13-60-39(56)17(2)15-19(22-26(45)30(49)32(51)31(50)27(22)46)16-21(42(7,8)9)23-28(47)35(54)38(36(55)29(23)48)59-12-14-61-40(57)18(3)41(4,5)6/h10,17-19,21H,1,11-16H2,2-9H3. The lowest BCUT2D eigenvalue weighted by Crippen LogP contribution is -2.29. The average molecular weight is 891 g/mol. The molecule has 0 fully saturated rings. The minimum absolute atomic E-state index is 0.502. The van der Waals surface area contributed by atoms with Gasteiger partial charge >= 0.3 is 11.9 Å². The van der Waals surface area contributed by atoms with Gasteiger partial charge in [0, 0.05) is 11.1 Å². The molecule has 0 aliphatic heterocycles. The molecule has 4 atom stereocenters. The van der Waals surface area contributed by atoms with Gasteiger partial charge in [-0.1, -0.05) is 68.0 Å². The Bertz CT molecular complexity index is 2060. The molecule has 0 aliphatic carbocycles. The molecule has 3 aromatic carbocycles. The van der Waals surface area contributed by atoms with Crippen molar-refractivity contribution in [2.75, 3.05) is 26.4 Å². The number of rotatable bonds is 17. The smallest absolute Gasteiger partial charge is 0.309 e. The molecule has 0 spiro atoms. The SMILES string of the molecule is C=Cc1c(F)c(F)c(OCCOC(=O)C(C)CC(CC(c2c(F)c(F)c(OCCOC(=O)C(C)C(C)(C)C)c(F)c2F)C(C)(C)C)c2c(F)c(F)c(F)c(F)c2F)c(F)c1F. The van der Waals surface area contributed by atoms with Gasteiger partial charge in [0.2, 0.25) is 29.1 Å². The lowest BCUT2D eigenvalue weighted by Gasteiger charge is -2.35. The summed E-state index contributed by atoms with van der Waals surface area (Å²) in [5.74, 6) is -39.3. The fourth-order valence-electron chi connectivity index (χ4n) is 6.21. The Hall–Kier alpha value is -4.97. The van der Waals surface area contributed by atoms with Crippen LogP contribution in [0, 0.1) is 98.3 Å². The summed E-state index contributed by atoms with van der Waals surface area (Å²) in [5, 5.41) is 0. The van der Waals surface area contributed by atoms with Gasteiger partial charge in [0.1, 0.15) is 26.4 Å². The van der Waals surface area contributed by atoms with Gasteiger partial charge in [0.05, 0.1) is 17.4 Å². The van der Waals surface area contributed by atoms with E-state index in [1.54, 1.807) is 27.7 Å². The molecule has 3 rings (SSSR count). The number of carbonyl (C=O) groups excluding carboxylic acids is 2. The summed E-state index contributed by atoms with van der Waals surface area (Å²) >= 11 is 0. The van der Waals surface area contributed by atoms with Crippen molar-refractivity contribution in [3.63, 3.8) is 0 Å². The van der Waals surface area contributed by atoms with Crippen molar-refractivity contribution in [3.05, 3.63) is 98.9 Å². The largest absolute Gasteiger partial charge is 0.484 e. The van der Waals surface area contributed by atoms with Gasteiger partial charge in [-0.25, -0.2) is 39.5 Å². The second-order valence-corrected chi connectivity index (χ2v) is 16.3. The van der Waals surface area contributed by atoms with Gasteiger partial charge in [-0.05, 0) is 35.5 Å². The van der Waals surface area contributed by atoms with Crippen molar-refractivity contribution in [2.24, 2.45) is 22.7 Å². The molecule has 0 bridgehead atoms. The first kappa shape index (κ1) is 50.4. The molecule has 6 nitrogen and oxygen atoms in total. The van der Waals surface area contributed by atoms with Crippen LogP contribution >= 0.6 is 0 Å². The predicted molar refractivity (Wildman–Crippen MR) is 194 cm³/mol. The first-order valence-electron chi connectivity index (χ1n) is 18.6. The molecule has 0 radical (unpaired) electrons. The van der Waals surface area contributed by atoms with E-state index >= 15 is 26.3 Å². The summed E-state index contributed by atoms with van der Waals surface area (Å²) in [4.78, 5) is 25.3.